The maximum atomic E-state index is 8.77. The van der Waals surface area contributed by atoms with E-state index in [9.17, 15) is 0 Å². The highest BCUT2D eigenvalue weighted by atomic mass is 16.2. The molecule has 0 saturated carbocycles. The van der Waals surface area contributed by atoms with Crippen molar-refractivity contribution in [2.24, 2.45) is 0 Å². The fourth-order valence-electron chi connectivity index (χ4n) is 2.66. The van der Waals surface area contributed by atoms with E-state index in [1.165, 1.54) is 31.4 Å². The smallest absolute Gasteiger partial charge is 0.0431 e. The van der Waals surface area contributed by atoms with Crippen LogP contribution in [-0.4, -0.2) is 34.7 Å². The SMILES string of the molecule is OCCCCCN1CCCC1c1ccncc1. The normalized spacial score (nSPS) is 20.9. The minimum atomic E-state index is 0.327. The summed E-state index contributed by atoms with van der Waals surface area (Å²) in [5.41, 5.74) is 1.40. The van der Waals surface area contributed by atoms with E-state index in [1.807, 2.05) is 12.4 Å². The first-order valence-electron chi connectivity index (χ1n) is 6.66. The van der Waals surface area contributed by atoms with Crippen LogP contribution < -0.4 is 0 Å². The van der Waals surface area contributed by atoms with Crippen molar-refractivity contribution in [3.63, 3.8) is 0 Å². The van der Waals surface area contributed by atoms with Crippen molar-refractivity contribution in [2.45, 2.75) is 38.1 Å². The lowest BCUT2D eigenvalue weighted by atomic mass is 10.1. The highest BCUT2D eigenvalue weighted by molar-refractivity contribution is 5.16. The number of rotatable bonds is 6. The molecule has 1 fully saturated rings. The molecule has 94 valence electrons. The monoisotopic (exact) mass is 234 g/mol. The molecule has 17 heavy (non-hydrogen) atoms. The van der Waals surface area contributed by atoms with Gasteiger partial charge in [-0.15, -0.1) is 0 Å². The van der Waals surface area contributed by atoms with E-state index in [-0.39, 0.29) is 0 Å². The number of aliphatic hydroxyl groups is 1. The largest absolute Gasteiger partial charge is 0.396 e. The van der Waals surface area contributed by atoms with Crippen LogP contribution in [0, 0.1) is 0 Å². The van der Waals surface area contributed by atoms with E-state index in [4.69, 9.17) is 5.11 Å². The fraction of sp³-hybridized carbons (Fsp3) is 0.643. The molecular weight excluding hydrogens is 212 g/mol. The molecule has 1 atom stereocenters. The number of likely N-dealkylation sites (tertiary alicyclic amines) is 1. The van der Waals surface area contributed by atoms with Crippen LogP contribution in [0.3, 0.4) is 0 Å². The predicted molar refractivity (Wildman–Crippen MR) is 68.7 cm³/mol. The van der Waals surface area contributed by atoms with Gasteiger partial charge in [0.05, 0.1) is 0 Å². The van der Waals surface area contributed by atoms with Crippen molar-refractivity contribution in [3.05, 3.63) is 30.1 Å². The summed E-state index contributed by atoms with van der Waals surface area (Å²) in [6.07, 6.45) is 9.61. The first kappa shape index (κ1) is 12.5. The molecule has 3 nitrogen and oxygen atoms in total. The van der Waals surface area contributed by atoms with Gasteiger partial charge in [-0.05, 0) is 62.9 Å². The molecule has 1 aromatic heterocycles. The first-order valence-corrected chi connectivity index (χ1v) is 6.66. The molecule has 0 bridgehead atoms. The molecule has 1 saturated heterocycles. The van der Waals surface area contributed by atoms with Gasteiger partial charge in [0.15, 0.2) is 0 Å². The van der Waals surface area contributed by atoms with Crippen LogP contribution >= 0.6 is 0 Å². The van der Waals surface area contributed by atoms with Crippen LogP contribution in [0.2, 0.25) is 0 Å². The van der Waals surface area contributed by atoms with Crippen LogP contribution in [0.15, 0.2) is 24.5 Å². The molecule has 1 aliphatic heterocycles. The van der Waals surface area contributed by atoms with Crippen LogP contribution in [-0.2, 0) is 0 Å². The van der Waals surface area contributed by atoms with Crippen LogP contribution in [0.25, 0.3) is 0 Å². The van der Waals surface area contributed by atoms with Crippen molar-refractivity contribution in [1.82, 2.24) is 9.88 Å². The van der Waals surface area contributed by atoms with Gasteiger partial charge in [0.2, 0.25) is 0 Å². The molecule has 1 unspecified atom stereocenters. The number of aliphatic hydroxyl groups excluding tert-OH is 1. The summed E-state index contributed by atoms with van der Waals surface area (Å²) in [6, 6.07) is 4.86. The number of pyridine rings is 1. The molecule has 0 aliphatic carbocycles. The van der Waals surface area contributed by atoms with Crippen molar-refractivity contribution in [2.75, 3.05) is 19.7 Å². The topological polar surface area (TPSA) is 36.4 Å². The molecule has 2 rings (SSSR count). The third-order valence-electron chi connectivity index (χ3n) is 3.56. The zero-order valence-corrected chi connectivity index (χ0v) is 10.4. The number of aromatic nitrogens is 1. The minimum Gasteiger partial charge on any atom is -0.396 e. The second-order valence-electron chi connectivity index (χ2n) is 4.76. The predicted octanol–water partition coefficient (Wildman–Crippen LogP) is 2.38. The van der Waals surface area contributed by atoms with Crippen molar-refractivity contribution >= 4 is 0 Å². The molecule has 0 aromatic carbocycles. The average molecular weight is 234 g/mol. The Bertz CT molecular complexity index is 315. The van der Waals surface area contributed by atoms with Gasteiger partial charge in [-0.2, -0.15) is 0 Å². The van der Waals surface area contributed by atoms with Crippen molar-refractivity contribution < 1.29 is 5.11 Å². The summed E-state index contributed by atoms with van der Waals surface area (Å²) < 4.78 is 0. The van der Waals surface area contributed by atoms with Gasteiger partial charge in [0, 0.05) is 25.0 Å². The van der Waals surface area contributed by atoms with Gasteiger partial charge in [-0.1, -0.05) is 0 Å². The average Bonchev–Trinajstić information content (AvgIpc) is 2.84. The zero-order valence-electron chi connectivity index (χ0n) is 10.4. The third-order valence-corrected chi connectivity index (χ3v) is 3.56. The van der Waals surface area contributed by atoms with Gasteiger partial charge < -0.3 is 5.11 Å². The number of unbranched alkanes of at least 4 members (excludes halogenated alkanes) is 2. The highest BCUT2D eigenvalue weighted by Crippen LogP contribution is 2.31. The van der Waals surface area contributed by atoms with Crippen LogP contribution in [0.5, 0.6) is 0 Å². The number of nitrogens with zero attached hydrogens (tertiary/aromatic N) is 2. The Morgan fingerprint density at radius 3 is 2.82 bits per heavy atom. The Hall–Kier alpha value is -0.930. The van der Waals surface area contributed by atoms with Crippen LogP contribution in [0.1, 0.15) is 43.7 Å². The summed E-state index contributed by atoms with van der Waals surface area (Å²) >= 11 is 0. The second kappa shape index (κ2) is 6.72. The zero-order chi connectivity index (χ0) is 11.9. The number of hydrogen-bond donors (Lipinski definition) is 1. The van der Waals surface area contributed by atoms with Gasteiger partial charge >= 0.3 is 0 Å². The highest BCUT2D eigenvalue weighted by Gasteiger charge is 2.24. The molecule has 2 heterocycles. The van der Waals surface area contributed by atoms with Crippen molar-refractivity contribution in [3.8, 4) is 0 Å². The Kier molecular flexibility index (Phi) is 4.95. The second-order valence-corrected chi connectivity index (χ2v) is 4.76. The molecular formula is C14H22N2O. The first-order chi connectivity index (χ1) is 8.42. The van der Waals surface area contributed by atoms with E-state index in [0.29, 0.717) is 12.6 Å². The molecule has 1 N–H and O–H groups in total. The summed E-state index contributed by atoms with van der Waals surface area (Å²) in [7, 11) is 0. The summed E-state index contributed by atoms with van der Waals surface area (Å²) in [5, 5.41) is 8.77. The molecule has 1 aliphatic rings. The number of hydrogen-bond acceptors (Lipinski definition) is 3. The molecule has 1 aromatic rings. The molecule has 0 radical (unpaired) electrons. The van der Waals surface area contributed by atoms with E-state index in [1.54, 1.807) is 0 Å². The maximum Gasteiger partial charge on any atom is 0.0431 e. The van der Waals surface area contributed by atoms with E-state index < -0.39 is 0 Å². The Morgan fingerprint density at radius 2 is 2.06 bits per heavy atom. The van der Waals surface area contributed by atoms with Gasteiger partial charge in [0.25, 0.3) is 0 Å². The Labute approximate surface area is 103 Å². The van der Waals surface area contributed by atoms with E-state index in [2.05, 4.69) is 22.0 Å². The lowest BCUT2D eigenvalue weighted by Crippen LogP contribution is -2.24. The van der Waals surface area contributed by atoms with Crippen molar-refractivity contribution in [1.29, 1.82) is 0 Å². The Morgan fingerprint density at radius 1 is 1.24 bits per heavy atom. The molecule has 3 heteroatoms. The van der Waals surface area contributed by atoms with Gasteiger partial charge in [0.1, 0.15) is 0 Å². The lowest BCUT2D eigenvalue weighted by molar-refractivity contribution is 0.241. The lowest BCUT2D eigenvalue weighted by Gasteiger charge is -2.24. The van der Waals surface area contributed by atoms with Gasteiger partial charge in [-0.3, -0.25) is 9.88 Å². The van der Waals surface area contributed by atoms with Crippen LogP contribution in [0.4, 0.5) is 0 Å². The standard InChI is InChI=1S/C14H22N2O/c17-12-3-1-2-10-16-11-4-5-14(16)13-6-8-15-9-7-13/h6-9,14,17H,1-5,10-12H2. The fourth-order valence-corrected chi connectivity index (χ4v) is 2.66. The minimum absolute atomic E-state index is 0.327. The molecule has 0 spiro atoms. The maximum absolute atomic E-state index is 8.77. The summed E-state index contributed by atoms with van der Waals surface area (Å²) in [5.74, 6) is 0. The third kappa shape index (κ3) is 3.51. The van der Waals surface area contributed by atoms with E-state index in [0.717, 1.165) is 19.4 Å². The summed E-state index contributed by atoms with van der Waals surface area (Å²) in [6.45, 7) is 2.70. The van der Waals surface area contributed by atoms with Gasteiger partial charge in [-0.25, -0.2) is 0 Å². The Balaban J connectivity index is 1.85. The summed E-state index contributed by atoms with van der Waals surface area (Å²) in [4.78, 5) is 6.66. The molecule has 0 amide bonds. The quantitative estimate of drug-likeness (QED) is 0.768. The van der Waals surface area contributed by atoms with E-state index >= 15 is 0 Å².